The van der Waals surface area contributed by atoms with Crippen LogP contribution in [0.4, 0.5) is 0 Å². The molecular formula is C7H7Cl2NO. The molecule has 0 bridgehead atoms. The summed E-state index contributed by atoms with van der Waals surface area (Å²) in [5.74, 6) is 0.189. The van der Waals surface area contributed by atoms with Gasteiger partial charge >= 0.3 is 0 Å². The van der Waals surface area contributed by atoms with Gasteiger partial charge in [0.2, 0.25) is 0 Å². The number of aromatic hydroxyl groups is 1. The number of nitrogens with zero attached hydrogens (tertiary/aromatic N) is 1. The maximum atomic E-state index is 8.74. The molecule has 0 unspecified atom stereocenters. The van der Waals surface area contributed by atoms with Gasteiger partial charge in [0.1, 0.15) is 5.75 Å². The number of phenolic OH excluding ortho intramolecular Hbond substituents is 1. The Morgan fingerprint density at radius 1 is 1.09 bits per heavy atom. The fourth-order valence-electron chi connectivity index (χ4n) is 0.536. The molecular weight excluding hydrogens is 185 g/mol. The van der Waals surface area contributed by atoms with Crippen LogP contribution in [0, 0.1) is 11.3 Å². The average Bonchev–Trinajstić information content (AvgIpc) is 1.90. The second-order valence-corrected chi connectivity index (χ2v) is 1.66. The monoisotopic (exact) mass is 191 g/mol. The van der Waals surface area contributed by atoms with Crippen LogP contribution in [0.15, 0.2) is 24.3 Å². The molecule has 0 radical (unpaired) electrons. The number of hydrogen-bond acceptors (Lipinski definition) is 2. The van der Waals surface area contributed by atoms with E-state index in [0.29, 0.717) is 5.56 Å². The van der Waals surface area contributed by atoms with Gasteiger partial charge in [-0.3, -0.25) is 0 Å². The summed E-state index contributed by atoms with van der Waals surface area (Å²) in [6.45, 7) is 0. The van der Waals surface area contributed by atoms with E-state index in [9.17, 15) is 0 Å². The highest BCUT2D eigenvalue weighted by atomic mass is 35.5. The largest absolute Gasteiger partial charge is 0.508 e. The van der Waals surface area contributed by atoms with E-state index in [4.69, 9.17) is 10.4 Å². The lowest BCUT2D eigenvalue weighted by Crippen LogP contribution is -1.69. The summed E-state index contributed by atoms with van der Waals surface area (Å²) in [5.41, 5.74) is 0.563. The fourth-order valence-corrected chi connectivity index (χ4v) is 0.536. The van der Waals surface area contributed by atoms with Crippen molar-refractivity contribution in [3.63, 3.8) is 0 Å². The van der Waals surface area contributed by atoms with Crippen molar-refractivity contribution in [3.05, 3.63) is 29.8 Å². The van der Waals surface area contributed by atoms with Crippen molar-refractivity contribution in [2.45, 2.75) is 0 Å². The number of nitriles is 1. The molecule has 1 aromatic carbocycles. The van der Waals surface area contributed by atoms with E-state index >= 15 is 0 Å². The molecule has 0 saturated carbocycles. The van der Waals surface area contributed by atoms with Crippen LogP contribution in [0.1, 0.15) is 5.56 Å². The number of hydrogen-bond donors (Lipinski definition) is 1. The Kier molecular flexibility index (Phi) is 6.77. The third-order valence-electron chi connectivity index (χ3n) is 0.996. The van der Waals surface area contributed by atoms with Gasteiger partial charge in [0.25, 0.3) is 0 Å². The molecule has 4 heteroatoms. The predicted molar refractivity (Wildman–Crippen MR) is 47.3 cm³/mol. The Morgan fingerprint density at radius 3 is 1.91 bits per heavy atom. The van der Waals surface area contributed by atoms with Gasteiger partial charge in [-0.25, -0.2) is 0 Å². The number of benzene rings is 1. The van der Waals surface area contributed by atoms with Gasteiger partial charge in [0.15, 0.2) is 0 Å². The van der Waals surface area contributed by atoms with Crippen molar-refractivity contribution < 1.29 is 5.11 Å². The normalized spacial score (nSPS) is 6.82. The molecule has 1 aromatic rings. The molecule has 0 atom stereocenters. The lowest BCUT2D eigenvalue weighted by atomic mass is 10.2. The van der Waals surface area contributed by atoms with Crippen molar-refractivity contribution in [3.8, 4) is 11.8 Å². The molecule has 0 aromatic heterocycles. The number of rotatable bonds is 0. The first-order chi connectivity index (χ1) is 4.33. The highest BCUT2D eigenvalue weighted by Crippen LogP contribution is 2.07. The van der Waals surface area contributed by atoms with E-state index < -0.39 is 0 Å². The summed E-state index contributed by atoms with van der Waals surface area (Å²) >= 11 is 0. The van der Waals surface area contributed by atoms with Crippen LogP contribution in [-0.2, 0) is 0 Å². The standard InChI is InChI=1S/C7H5NO.2ClH/c8-5-6-1-3-7(9)4-2-6;;/h1-4,9H;2*1H. The summed E-state index contributed by atoms with van der Waals surface area (Å²) in [6, 6.07) is 8.04. The second kappa shape index (κ2) is 5.84. The van der Waals surface area contributed by atoms with Crippen LogP contribution >= 0.6 is 24.8 Å². The first-order valence-corrected chi connectivity index (χ1v) is 2.52. The molecule has 0 aliphatic carbocycles. The molecule has 11 heavy (non-hydrogen) atoms. The zero-order valence-corrected chi connectivity index (χ0v) is 7.15. The Bertz CT molecular complexity index is 240. The van der Waals surface area contributed by atoms with E-state index in [1.807, 2.05) is 6.07 Å². The summed E-state index contributed by atoms with van der Waals surface area (Å²) in [6.07, 6.45) is 0. The third kappa shape index (κ3) is 3.72. The van der Waals surface area contributed by atoms with Gasteiger partial charge in [-0.05, 0) is 24.3 Å². The van der Waals surface area contributed by atoms with Crippen molar-refractivity contribution in [2.24, 2.45) is 0 Å². The van der Waals surface area contributed by atoms with Crippen molar-refractivity contribution >= 4 is 24.8 Å². The quantitative estimate of drug-likeness (QED) is 0.683. The highest BCUT2D eigenvalue weighted by Gasteiger charge is 1.86. The van der Waals surface area contributed by atoms with Gasteiger partial charge in [-0.15, -0.1) is 24.8 Å². The Balaban J connectivity index is 0. The average molecular weight is 192 g/mol. The topological polar surface area (TPSA) is 44.0 Å². The van der Waals surface area contributed by atoms with Crippen LogP contribution in [-0.4, -0.2) is 5.11 Å². The van der Waals surface area contributed by atoms with Gasteiger partial charge in [0, 0.05) is 0 Å². The molecule has 60 valence electrons. The zero-order chi connectivity index (χ0) is 6.69. The molecule has 0 saturated heterocycles. The van der Waals surface area contributed by atoms with Gasteiger partial charge < -0.3 is 5.11 Å². The van der Waals surface area contributed by atoms with Crippen LogP contribution in [0.2, 0.25) is 0 Å². The van der Waals surface area contributed by atoms with Crippen LogP contribution < -0.4 is 0 Å². The lowest BCUT2D eigenvalue weighted by molar-refractivity contribution is 0.475. The minimum absolute atomic E-state index is 0. The number of halogens is 2. The van der Waals surface area contributed by atoms with E-state index in [-0.39, 0.29) is 30.6 Å². The van der Waals surface area contributed by atoms with Gasteiger partial charge in [0.05, 0.1) is 11.6 Å². The highest BCUT2D eigenvalue weighted by molar-refractivity contribution is 5.85. The molecule has 0 aliphatic rings. The Labute approximate surface area is 77.3 Å². The summed E-state index contributed by atoms with van der Waals surface area (Å²) < 4.78 is 0. The molecule has 0 spiro atoms. The van der Waals surface area contributed by atoms with Crippen LogP contribution in [0.25, 0.3) is 0 Å². The van der Waals surface area contributed by atoms with Crippen molar-refractivity contribution in [2.75, 3.05) is 0 Å². The van der Waals surface area contributed by atoms with Crippen molar-refractivity contribution in [1.29, 1.82) is 5.26 Å². The number of phenols is 1. The van der Waals surface area contributed by atoms with E-state index in [1.54, 1.807) is 12.1 Å². The van der Waals surface area contributed by atoms with Gasteiger partial charge in [-0.1, -0.05) is 0 Å². The van der Waals surface area contributed by atoms with E-state index in [2.05, 4.69) is 0 Å². The minimum Gasteiger partial charge on any atom is -0.508 e. The maximum absolute atomic E-state index is 8.74. The van der Waals surface area contributed by atoms with E-state index in [1.165, 1.54) is 12.1 Å². The maximum Gasteiger partial charge on any atom is 0.115 e. The first kappa shape index (κ1) is 12.7. The molecule has 0 heterocycles. The fraction of sp³-hybridized carbons (Fsp3) is 0. The molecule has 0 amide bonds. The van der Waals surface area contributed by atoms with E-state index in [0.717, 1.165) is 0 Å². The van der Waals surface area contributed by atoms with Crippen LogP contribution in [0.3, 0.4) is 0 Å². The molecule has 1 rings (SSSR count). The smallest absolute Gasteiger partial charge is 0.115 e. The molecule has 2 nitrogen and oxygen atoms in total. The van der Waals surface area contributed by atoms with Crippen LogP contribution in [0.5, 0.6) is 5.75 Å². The Morgan fingerprint density at radius 2 is 1.55 bits per heavy atom. The first-order valence-electron chi connectivity index (χ1n) is 2.52. The minimum atomic E-state index is 0. The SMILES string of the molecule is Cl.Cl.N#Cc1ccc(O)cc1. The predicted octanol–water partition coefficient (Wildman–Crippen LogP) is 2.11. The zero-order valence-electron chi connectivity index (χ0n) is 5.52. The second-order valence-electron chi connectivity index (χ2n) is 1.66. The Hall–Kier alpha value is -0.910. The summed E-state index contributed by atoms with van der Waals surface area (Å²) in [4.78, 5) is 0. The van der Waals surface area contributed by atoms with Crippen molar-refractivity contribution in [1.82, 2.24) is 0 Å². The summed E-state index contributed by atoms with van der Waals surface area (Å²) in [5, 5.41) is 17.0. The third-order valence-corrected chi connectivity index (χ3v) is 0.996. The van der Waals surface area contributed by atoms with Gasteiger partial charge in [-0.2, -0.15) is 5.26 Å². The summed E-state index contributed by atoms with van der Waals surface area (Å²) in [7, 11) is 0. The molecule has 0 fully saturated rings. The lowest BCUT2D eigenvalue weighted by Gasteiger charge is -1.87. The molecule has 1 N–H and O–H groups in total. The molecule has 0 aliphatic heterocycles.